The van der Waals surface area contributed by atoms with Crippen LogP contribution in [0.5, 0.6) is 0 Å². The molecule has 0 amide bonds. The molecule has 1 atom stereocenters. The van der Waals surface area contributed by atoms with Gasteiger partial charge in [-0.3, -0.25) is 4.68 Å². The van der Waals surface area contributed by atoms with E-state index in [4.69, 9.17) is 10.5 Å². The number of morpholine rings is 1. The van der Waals surface area contributed by atoms with Crippen LogP contribution in [0.1, 0.15) is 13.3 Å². The molecular formula is C11H21ClN4O3S. The van der Waals surface area contributed by atoms with Crippen LogP contribution < -0.4 is 5.73 Å². The lowest BCUT2D eigenvalue weighted by Gasteiger charge is -2.31. The second-order valence-corrected chi connectivity index (χ2v) is 6.37. The summed E-state index contributed by atoms with van der Waals surface area (Å²) in [4.78, 5) is 0. The quantitative estimate of drug-likeness (QED) is 0.827. The van der Waals surface area contributed by atoms with E-state index >= 15 is 0 Å². The minimum Gasteiger partial charge on any atom is -0.374 e. The van der Waals surface area contributed by atoms with Crippen molar-refractivity contribution in [3.8, 4) is 0 Å². The molecule has 1 aliphatic rings. The molecule has 1 saturated heterocycles. The van der Waals surface area contributed by atoms with Crippen LogP contribution in [-0.2, 0) is 21.3 Å². The standard InChI is InChI=1S/C11H20N4O3S.ClH/c1-2-5-15-11(3-4-13-15)19(16,17)14-6-7-18-10(8-12)9-14;/h3-4,10H,2,5-9,12H2,1H3;1H. The highest BCUT2D eigenvalue weighted by Gasteiger charge is 2.32. The van der Waals surface area contributed by atoms with Gasteiger partial charge in [0, 0.05) is 26.2 Å². The number of halogens is 1. The molecule has 1 fully saturated rings. The highest BCUT2D eigenvalue weighted by molar-refractivity contribution is 7.89. The first kappa shape index (κ1) is 17.4. The first-order valence-electron chi connectivity index (χ1n) is 6.43. The van der Waals surface area contributed by atoms with Gasteiger partial charge in [0.1, 0.15) is 0 Å². The number of aromatic nitrogens is 2. The van der Waals surface area contributed by atoms with Crippen molar-refractivity contribution in [1.29, 1.82) is 0 Å². The number of sulfonamides is 1. The van der Waals surface area contributed by atoms with Gasteiger partial charge in [-0.05, 0) is 12.5 Å². The molecule has 2 heterocycles. The van der Waals surface area contributed by atoms with Gasteiger partial charge >= 0.3 is 0 Å². The number of nitrogens with two attached hydrogens (primary N) is 1. The molecule has 0 radical (unpaired) electrons. The summed E-state index contributed by atoms with van der Waals surface area (Å²) < 4.78 is 33.5. The van der Waals surface area contributed by atoms with Gasteiger partial charge in [-0.15, -0.1) is 12.4 Å². The molecule has 20 heavy (non-hydrogen) atoms. The first-order chi connectivity index (χ1) is 9.09. The van der Waals surface area contributed by atoms with Crippen LogP contribution in [0.15, 0.2) is 17.3 Å². The van der Waals surface area contributed by atoms with E-state index in [0.717, 1.165) is 6.42 Å². The minimum absolute atomic E-state index is 0. The molecule has 0 saturated carbocycles. The van der Waals surface area contributed by atoms with Crippen molar-refractivity contribution in [1.82, 2.24) is 14.1 Å². The van der Waals surface area contributed by atoms with E-state index in [1.165, 1.54) is 21.3 Å². The molecule has 1 unspecified atom stereocenters. The van der Waals surface area contributed by atoms with Gasteiger partial charge < -0.3 is 10.5 Å². The Bertz CT molecular complexity index is 519. The van der Waals surface area contributed by atoms with E-state index in [1.807, 2.05) is 6.92 Å². The molecule has 0 bridgehead atoms. The number of hydrogen-bond donors (Lipinski definition) is 1. The van der Waals surface area contributed by atoms with Crippen LogP contribution in [0, 0.1) is 0 Å². The SMILES string of the molecule is CCCn1nccc1S(=O)(=O)N1CCOC(CN)C1.Cl. The fourth-order valence-corrected chi connectivity index (χ4v) is 3.68. The number of rotatable bonds is 5. The summed E-state index contributed by atoms with van der Waals surface area (Å²) in [5, 5.41) is 4.30. The third-order valence-electron chi connectivity index (χ3n) is 3.08. The van der Waals surface area contributed by atoms with Gasteiger partial charge in [0.05, 0.1) is 18.9 Å². The van der Waals surface area contributed by atoms with Crippen molar-refractivity contribution in [3.63, 3.8) is 0 Å². The van der Waals surface area contributed by atoms with Gasteiger partial charge in [-0.1, -0.05) is 6.92 Å². The summed E-state index contributed by atoms with van der Waals surface area (Å²) in [5.74, 6) is 0. The zero-order chi connectivity index (χ0) is 13.9. The van der Waals surface area contributed by atoms with Crippen LogP contribution >= 0.6 is 12.4 Å². The molecule has 0 aliphatic carbocycles. The van der Waals surface area contributed by atoms with Crippen LogP contribution in [-0.4, -0.2) is 54.8 Å². The van der Waals surface area contributed by atoms with E-state index in [1.54, 1.807) is 0 Å². The number of hydrogen-bond acceptors (Lipinski definition) is 5. The third-order valence-corrected chi connectivity index (χ3v) is 4.97. The van der Waals surface area contributed by atoms with Crippen molar-refractivity contribution in [2.45, 2.75) is 31.0 Å². The fourth-order valence-electron chi connectivity index (χ4n) is 2.10. The molecule has 116 valence electrons. The lowest BCUT2D eigenvalue weighted by atomic mass is 10.3. The average molecular weight is 325 g/mol. The lowest BCUT2D eigenvalue weighted by molar-refractivity contribution is 0.00435. The molecule has 0 aromatic carbocycles. The third kappa shape index (κ3) is 3.50. The molecule has 1 aromatic heterocycles. The Labute approximate surface area is 125 Å². The highest BCUT2D eigenvalue weighted by atomic mass is 35.5. The van der Waals surface area contributed by atoms with Gasteiger partial charge in [0.15, 0.2) is 5.03 Å². The molecular weight excluding hydrogens is 304 g/mol. The Morgan fingerprint density at radius 3 is 2.95 bits per heavy atom. The lowest BCUT2D eigenvalue weighted by Crippen LogP contribution is -2.48. The molecule has 1 aliphatic heterocycles. The second-order valence-electron chi connectivity index (χ2n) is 4.48. The summed E-state index contributed by atoms with van der Waals surface area (Å²) in [5.41, 5.74) is 5.54. The van der Waals surface area contributed by atoms with Gasteiger partial charge in [0.25, 0.3) is 10.0 Å². The zero-order valence-corrected chi connectivity index (χ0v) is 13.1. The largest absolute Gasteiger partial charge is 0.374 e. The molecule has 2 rings (SSSR count). The van der Waals surface area contributed by atoms with Gasteiger partial charge in [-0.25, -0.2) is 8.42 Å². The summed E-state index contributed by atoms with van der Waals surface area (Å²) in [7, 11) is -3.52. The number of aryl methyl sites for hydroxylation is 1. The topological polar surface area (TPSA) is 90.5 Å². The van der Waals surface area contributed by atoms with E-state index in [9.17, 15) is 8.42 Å². The minimum atomic E-state index is -3.52. The fraction of sp³-hybridized carbons (Fsp3) is 0.727. The van der Waals surface area contributed by atoms with Crippen molar-refractivity contribution >= 4 is 22.4 Å². The van der Waals surface area contributed by atoms with Crippen LogP contribution in [0.4, 0.5) is 0 Å². The summed E-state index contributed by atoms with van der Waals surface area (Å²) >= 11 is 0. The predicted molar refractivity (Wildman–Crippen MR) is 77.3 cm³/mol. The van der Waals surface area contributed by atoms with Crippen LogP contribution in [0.25, 0.3) is 0 Å². The summed E-state index contributed by atoms with van der Waals surface area (Å²) in [6, 6.07) is 1.54. The summed E-state index contributed by atoms with van der Waals surface area (Å²) in [6.07, 6.45) is 2.12. The smallest absolute Gasteiger partial charge is 0.260 e. The number of nitrogens with zero attached hydrogens (tertiary/aromatic N) is 3. The van der Waals surface area contributed by atoms with Crippen molar-refractivity contribution in [2.24, 2.45) is 5.73 Å². The monoisotopic (exact) mass is 324 g/mol. The van der Waals surface area contributed by atoms with E-state index in [0.29, 0.717) is 32.8 Å². The zero-order valence-electron chi connectivity index (χ0n) is 11.4. The highest BCUT2D eigenvalue weighted by Crippen LogP contribution is 2.18. The van der Waals surface area contributed by atoms with E-state index < -0.39 is 10.0 Å². The maximum atomic E-state index is 12.6. The van der Waals surface area contributed by atoms with Crippen molar-refractivity contribution in [3.05, 3.63) is 12.3 Å². The van der Waals surface area contributed by atoms with Gasteiger partial charge in [0.2, 0.25) is 0 Å². The van der Waals surface area contributed by atoms with Crippen molar-refractivity contribution < 1.29 is 13.2 Å². The molecule has 0 spiro atoms. The Balaban J connectivity index is 0.00000200. The molecule has 9 heteroatoms. The number of ether oxygens (including phenoxy) is 1. The molecule has 2 N–H and O–H groups in total. The Morgan fingerprint density at radius 2 is 2.30 bits per heavy atom. The Kier molecular flexibility index (Phi) is 6.41. The van der Waals surface area contributed by atoms with Crippen LogP contribution in [0.3, 0.4) is 0 Å². The first-order valence-corrected chi connectivity index (χ1v) is 7.87. The van der Waals surface area contributed by atoms with Crippen molar-refractivity contribution in [2.75, 3.05) is 26.2 Å². The Morgan fingerprint density at radius 1 is 1.55 bits per heavy atom. The molecule has 1 aromatic rings. The second kappa shape index (κ2) is 7.37. The summed E-state index contributed by atoms with van der Waals surface area (Å²) in [6.45, 7) is 3.93. The van der Waals surface area contributed by atoms with Gasteiger partial charge in [-0.2, -0.15) is 9.40 Å². The maximum Gasteiger partial charge on any atom is 0.260 e. The predicted octanol–water partition coefficient (Wildman–Crippen LogP) is 0.0631. The average Bonchev–Trinajstić information content (AvgIpc) is 2.88. The maximum absolute atomic E-state index is 12.6. The van der Waals surface area contributed by atoms with E-state index in [-0.39, 0.29) is 23.5 Å². The van der Waals surface area contributed by atoms with Crippen LogP contribution in [0.2, 0.25) is 0 Å². The Hall–Kier alpha value is -0.670. The molecule has 7 nitrogen and oxygen atoms in total. The normalized spacial score (nSPS) is 20.6. The van der Waals surface area contributed by atoms with E-state index in [2.05, 4.69) is 5.10 Å².